The molecular weight excluding hydrogens is 336 g/mol. The van der Waals surface area contributed by atoms with Crippen molar-refractivity contribution in [3.05, 3.63) is 65.7 Å². The second-order valence-electron chi connectivity index (χ2n) is 7.35. The molecule has 0 saturated carbocycles. The summed E-state index contributed by atoms with van der Waals surface area (Å²) in [7, 11) is 1.66. The van der Waals surface area contributed by atoms with E-state index in [0.717, 1.165) is 42.7 Å². The number of hydrogen-bond donors (Lipinski definition) is 0. The summed E-state index contributed by atoms with van der Waals surface area (Å²) in [5.41, 5.74) is 2.98. The first-order valence-electron chi connectivity index (χ1n) is 9.64. The highest BCUT2D eigenvalue weighted by molar-refractivity contribution is 6.03. The second kappa shape index (κ2) is 8.38. The molecule has 0 bridgehead atoms. The molecule has 1 aliphatic rings. The largest absolute Gasteiger partial charge is 0.497 e. The van der Waals surface area contributed by atoms with E-state index >= 15 is 0 Å². The quantitative estimate of drug-likeness (QED) is 0.706. The molecule has 27 heavy (non-hydrogen) atoms. The van der Waals surface area contributed by atoms with Gasteiger partial charge >= 0.3 is 0 Å². The lowest BCUT2D eigenvalue weighted by molar-refractivity contribution is -0.136. The summed E-state index contributed by atoms with van der Waals surface area (Å²) in [4.78, 5) is 12.9. The van der Waals surface area contributed by atoms with Crippen LogP contribution in [0.2, 0.25) is 0 Å². The summed E-state index contributed by atoms with van der Waals surface area (Å²) < 4.78 is 5.33. The summed E-state index contributed by atoms with van der Waals surface area (Å²) in [5.74, 6) is 0.911. The smallest absolute Gasteiger partial charge is 0.243 e. The van der Waals surface area contributed by atoms with E-state index in [-0.39, 0.29) is 11.4 Å². The molecule has 0 radical (unpaired) electrons. The van der Waals surface area contributed by atoms with Gasteiger partial charge in [0.05, 0.1) is 18.4 Å². The Morgan fingerprint density at radius 3 is 2.67 bits per heavy atom. The Hall–Kier alpha value is -2.62. The molecule has 1 heterocycles. The van der Waals surface area contributed by atoms with Gasteiger partial charge in [-0.05, 0) is 43.9 Å². The van der Waals surface area contributed by atoms with Crippen molar-refractivity contribution in [2.24, 2.45) is 5.10 Å². The van der Waals surface area contributed by atoms with Gasteiger partial charge in [0.1, 0.15) is 5.75 Å². The van der Waals surface area contributed by atoms with E-state index < -0.39 is 0 Å². The molecule has 142 valence electrons. The van der Waals surface area contributed by atoms with Gasteiger partial charge in [-0.3, -0.25) is 4.79 Å². The molecule has 1 atom stereocenters. The van der Waals surface area contributed by atoms with E-state index in [1.54, 1.807) is 12.1 Å². The Balaban J connectivity index is 1.71. The molecule has 1 aliphatic heterocycles. The number of carbonyl (C=O) groups excluding carboxylic acids is 1. The maximum absolute atomic E-state index is 12.9. The zero-order chi connectivity index (χ0) is 19.3. The molecule has 0 saturated heterocycles. The molecule has 4 nitrogen and oxygen atoms in total. The third kappa shape index (κ3) is 4.38. The Kier molecular flexibility index (Phi) is 5.94. The number of carbonyl (C=O) groups is 1. The van der Waals surface area contributed by atoms with Gasteiger partial charge in [-0.2, -0.15) is 5.10 Å². The van der Waals surface area contributed by atoms with Crippen molar-refractivity contribution >= 4 is 11.6 Å². The number of hydrazone groups is 1. The average Bonchev–Trinajstić information content (AvgIpc) is 3.07. The first-order chi connectivity index (χ1) is 13.1. The van der Waals surface area contributed by atoms with Crippen LogP contribution in [-0.2, 0) is 11.2 Å². The van der Waals surface area contributed by atoms with Crippen LogP contribution in [0.1, 0.15) is 50.7 Å². The molecule has 2 aromatic rings. The van der Waals surface area contributed by atoms with Crippen molar-refractivity contribution in [1.29, 1.82) is 0 Å². The molecule has 0 spiro atoms. The molecule has 1 amide bonds. The van der Waals surface area contributed by atoms with Crippen molar-refractivity contribution in [3.63, 3.8) is 0 Å². The minimum atomic E-state index is -0.262. The Labute approximate surface area is 161 Å². The summed E-state index contributed by atoms with van der Waals surface area (Å²) in [5, 5.41) is 6.46. The van der Waals surface area contributed by atoms with Crippen molar-refractivity contribution in [1.82, 2.24) is 5.01 Å². The second-order valence-corrected chi connectivity index (χ2v) is 7.35. The van der Waals surface area contributed by atoms with E-state index in [9.17, 15) is 4.79 Å². The van der Waals surface area contributed by atoms with Gasteiger partial charge < -0.3 is 4.74 Å². The van der Waals surface area contributed by atoms with Crippen LogP contribution in [0.25, 0.3) is 0 Å². The van der Waals surface area contributed by atoms with E-state index in [1.807, 2.05) is 42.5 Å². The molecule has 0 aliphatic carbocycles. The first-order valence-corrected chi connectivity index (χ1v) is 9.64. The van der Waals surface area contributed by atoms with Crippen LogP contribution in [0.15, 0.2) is 59.7 Å². The Morgan fingerprint density at radius 2 is 1.96 bits per heavy atom. The minimum Gasteiger partial charge on any atom is -0.497 e. The normalized spacial score (nSPS) is 19.1. The lowest BCUT2D eigenvalue weighted by Crippen LogP contribution is -2.42. The van der Waals surface area contributed by atoms with Gasteiger partial charge in [-0.25, -0.2) is 5.01 Å². The molecular formula is C23H28N2O2. The number of methoxy groups -OCH3 is 1. The van der Waals surface area contributed by atoms with Crippen molar-refractivity contribution < 1.29 is 9.53 Å². The highest BCUT2D eigenvalue weighted by Gasteiger charge is 2.40. The Morgan fingerprint density at radius 1 is 1.19 bits per heavy atom. The van der Waals surface area contributed by atoms with Crippen LogP contribution in [0, 0.1) is 0 Å². The van der Waals surface area contributed by atoms with Gasteiger partial charge in [0, 0.05) is 18.4 Å². The van der Waals surface area contributed by atoms with E-state index in [2.05, 4.69) is 26.0 Å². The fourth-order valence-electron chi connectivity index (χ4n) is 3.50. The highest BCUT2D eigenvalue weighted by atomic mass is 16.5. The maximum Gasteiger partial charge on any atom is 0.243 e. The third-order valence-electron chi connectivity index (χ3n) is 5.38. The number of rotatable bonds is 7. The van der Waals surface area contributed by atoms with Crippen LogP contribution >= 0.6 is 0 Å². The summed E-state index contributed by atoms with van der Waals surface area (Å²) in [6.45, 7) is 4.24. The SMILES string of the molecule is CCC1(C)CC(c2cccc(OC)c2)=NN1C(=O)CCCc1ccccc1. The van der Waals surface area contributed by atoms with Gasteiger partial charge in [0.2, 0.25) is 5.91 Å². The Bertz CT molecular complexity index is 816. The van der Waals surface area contributed by atoms with Gasteiger partial charge in [-0.1, -0.05) is 49.4 Å². The third-order valence-corrected chi connectivity index (χ3v) is 5.38. The van der Waals surface area contributed by atoms with Crippen LogP contribution in [0.5, 0.6) is 5.75 Å². The van der Waals surface area contributed by atoms with Gasteiger partial charge in [-0.15, -0.1) is 0 Å². The monoisotopic (exact) mass is 364 g/mol. The fourth-order valence-corrected chi connectivity index (χ4v) is 3.50. The van der Waals surface area contributed by atoms with E-state index in [1.165, 1.54) is 5.56 Å². The predicted molar refractivity (Wildman–Crippen MR) is 109 cm³/mol. The minimum absolute atomic E-state index is 0.105. The van der Waals surface area contributed by atoms with Crippen molar-refractivity contribution in [2.45, 2.75) is 51.5 Å². The predicted octanol–water partition coefficient (Wildman–Crippen LogP) is 4.82. The first kappa shape index (κ1) is 19.2. The zero-order valence-electron chi connectivity index (χ0n) is 16.4. The summed E-state index contributed by atoms with van der Waals surface area (Å²) in [6.07, 6.45) is 3.90. The molecule has 2 aromatic carbocycles. The lowest BCUT2D eigenvalue weighted by atomic mass is 9.90. The standard InChI is InChI=1S/C23H28N2O2/c1-4-23(2)17-21(19-13-9-14-20(16-19)27-3)24-25(23)22(26)15-8-12-18-10-6-5-7-11-18/h5-7,9-11,13-14,16H,4,8,12,15,17H2,1-3H3. The fraction of sp³-hybridized carbons (Fsp3) is 0.391. The molecule has 1 unspecified atom stereocenters. The number of amides is 1. The number of ether oxygens (including phenoxy) is 1. The van der Waals surface area contributed by atoms with Crippen LogP contribution < -0.4 is 4.74 Å². The maximum atomic E-state index is 12.9. The summed E-state index contributed by atoms with van der Waals surface area (Å²) >= 11 is 0. The zero-order valence-corrected chi connectivity index (χ0v) is 16.4. The molecule has 0 aromatic heterocycles. The number of aryl methyl sites for hydroxylation is 1. The van der Waals surface area contributed by atoms with Gasteiger partial charge in [0.25, 0.3) is 0 Å². The van der Waals surface area contributed by atoms with Crippen molar-refractivity contribution in [3.8, 4) is 5.75 Å². The summed E-state index contributed by atoms with van der Waals surface area (Å²) in [6, 6.07) is 18.2. The van der Waals surface area contributed by atoms with Crippen molar-refractivity contribution in [2.75, 3.05) is 7.11 Å². The van der Waals surface area contributed by atoms with Crippen LogP contribution in [0.4, 0.5) is 0 Å². The molecule has 0 fully saturated rings. The molecule has 3 rings (SSSR count). The lowest BCUT2D eigenvalue weighted by Gasteiger charge is -2.31. The van der Waals surface area contributed by atoms with Crippen LogP contribution in [-0.4, -0.2) is 29.3 Å². The number of hydrogen-bond acceptors (Lipinski definition) is 3. The van der Waals surface area contributed by atoms with Gasteiger partial charge in [0.15, 0.2) is 0 Å². The van der Waals surface area contributed by atoms with Crippen LogP contribution in [0.3, 0.4) is 0 Å². The topological polar surface area (TPSA) is 41.9 Å². The number of benzene rings is 2. The molecule has 0 N–H and O–H groups in total. The van der Waals surface area contributed by atoms with E-state index in [4.69, 9.17) is 9.84 Å². The highest BCUT2D eigenvalue weighted by Crippen LogP contribution is 2.34. The van der Waals surface area contributed by atoms with E-state index in [0.29, 0.717) is 6.42 Å². The average molecular weight is 364 g/mol. The molecule has 4 heteroatoms. The number of nitrogens with zero attached hydrogens (tertiary/aromatic N) is 2.